The molecular formula is C12H13N3O3S. The van der Waals surface area contributed by atoms with Gasteiger partial charge in [-0.25, -0.2) is 0 Å². The average molecular weight is 279 g/mol. The lowest BCUT2D eigenvalue weighted by Crippen LogP contribution is -2.23. The van der Waals surface area contributed by atoms with Crippen molar-refractivity contribution in [3.63, 3.8) is 0 Å². The van der Waals surface area contributed by atoms with Gasteiger partial charge >= 0.3 is 5.97 Å². The van der Waals surface area contributed by atoms with Gasteiger partial charge < -0.3 is 9.63 Å². The predicted molar refractivity (Wildman–Crippen MR) is 68.6 cm³/mol. The number of hydrogen-bond acceptors (Lipinski definition) is 6. The molecule has 0 bridgehead atoms. The molecule has 1 aliphatic rings. The highest BCUT2D eigenvalue weighted by Gasteiger charge is 2.28. The summed E-state index contributed by atoms with van der Waals surface area (Å²) in [6, 6.07) is 1.93. The minimum Gasteiger partial charge on any atom is -0.481 e. The lowest BCUT2D eigenvalue weighted by Gasteiger charge is -2.11. The normalized spacial score (nSPS) is 19.9. The van der Waals surface area contributed by atoms with Gasteiger partial charge in [0, 0.05) is 11.9 Å². The van der Waals surface area contributed by atoms with Crippen LogP contribution in [0.2, 0.25) is 0 Å². The van der Waals surface area contributed by atoms with Crippen LogP contribution in [0.25, 0.3) is 11.5 Å². The van der Waals surface area contributed by atoms with Gasteiger partial charge in [-0.15, -0.1) is 0 Å². The third-order valence-electron chi connectivity index (χ3n) is 3.22. The lowest BCUT2D eigenvalue weighted by molar-refractivity contribution is -0.141. The van der Waals surface area contributed by atoms with E-state index >= 15 is 0 Å². The van der Waals surface area contributed by atoms with E-state index in [9.17, 15) is 4.79 Å². The van der Waals surface area contributed by atoms with Gasteiger partial charge in [0.15, 0.2) is 5.82 Å². The quantitative estimate of drug-likeness (QED) is 0.917. The number of aliphatic carboxylic acids is 1. The predicted octanol–water partition coefficient (Wildman–Crippen LogP) is 1.70. The molecular weight excluding hydrogens is 266 g/mol. The Morgan fingerprint density at radius 2 is 2.53 bits per heavy atom. The first kappa shape index (κ1) is 12.3. The Hall–Kier alpha value is -1.73. The van der Waals surface area contributed by atoms with Gasteiger partial charge in [0.1, 0.15) is 0 Å². The minimum absolute atomic E-state index is 0.275. The number of hydrogen-bond donors (Lipinski definition) is 1. The van der Waals surface area contributed by atoms with Crippen LogP contribution in [0.4, 0.5) is 0 Å². The minimum atomic E-state index is -0.727. The molecule has 1 atom stereocenters. The van der Waals surface area contributed by atoms with Gasteiger partial charge in [0.25, 0.3) is 5.89 Å². The number of carbonyl (C=O) groups is 1. The molecule has 1 fully saturated rings. The molecule has 19 heavy (non-hydrogen) atoms. The maximum Gasteiger partial charge on any atom is 0.307 e. The summed E-state index contributed by atoms with van der Waals surface area (Å²) in [5.74, 6) is 0.121. The molecule has 0 saturated carbocycles. The molecule has 1 unspecified atom stereocenters. The number of nitrogens with zero attached hydrogens (tertiary/aromatic N) is 3. The Kier molecular flexibility index (Phi) is 3.31. The number of thiophene rings is 1. The Balaban J connectivity index is 1.64. The van der Waals surface area contributed by atoms with E-state index in [0.717, 1.165) is 12.1 Å². The Bertz CT molecular complexity index is 567. The topological polar surface area (TPSA) is 79.5 Å². The number of carboxylic acid groups (broad SMARTS) is 1. The molecule has 100 valence electrons. The fraction of sp³-hybridized carbons (Fsp3) is 0.417. The zero-order valence-corrected chi connectivity index (χ0v) is 11.0. The van der Waals surface area contributed by atoms with Crippen molar-refractivity contribution in [2.24, 2.45) is 5.92 Å². The second-order valence-electron chi connectivity index (χ2n) is 4.59. The van der Waals surface area contributed by atoms with E-state index in [1.165, 1.54) is 0 Å². The molecule has 1 saturated heterocycles. The standard InChI is InChI=1S/C12H13N3O3S/c16-12(17)8-1-3-15(5-8)6-10-13-11(18-14-10)9-2-4-19-7-9/h2,4,7-8H,1,3,5-6H2,(H,16,17). The molecule has 1 aliphatic heterocycles. The van der Waals surface area contributed by atoms with E-state index in [-0.39, 0.29) is 5.92 Å². The van der Waals surface area contributed by atoms with Crippen molar-refractivity contribution in [2.75, 3.05) is 13.1 Å². The zero-order valence-electron chi connectivity index (χ0n) is 10.2. The van der Waals surface area contributed by atoms with Gasteiger partial charge in [-0.3, -0.25) is 9.69 Å². The number of aromatic nitrogens is 2. The number of likely N-dealkylation sites (tertiary alicyclic amines) is 1. The van der Waals surface area contributed by atoms with Gasteiger partial charge in [-0.05, 0) is 24.4 Å². The van der Waals surface area contributed by atoms with Crippen molar-refractivity contribution in [2.45, 2.75) is 13.0 Å². The summed E-state index contributed by atoms with van der Waals surface area (Å²) in [6.07, 6.45) is 0.685. The van der Waals surface area contributed by atoms with Crippen LogP contribution < -0.4 is 0 Å². The first-order valence-corrected chi connectivity index (χ1v) is 6.97. The molecule has 2 aromatic rings. The average Bonchev–Trinajstić information content (AvgIpc) is 3.09. The SMILES string of the molecule is O=C(O)C1CCN(Cc2noc(-c3ccsc3)n2)C1. The molecule has 1 N–H and O–H groups in total. The van der Waals surface area contributed by atoms with E-state index in [0.29, 0.717) is 31.2 Å². The van der Waals surface area contributed by atoms with Crippen molar-refractivity contribution in [1.82, 2.24) is 15.0 Å². The number of rotatable bonds is 4. The van der Waals surface area contributed by atoms with E-state index in [4.69, 9.17) is 9.63 Å². The van der Waals surface area contributed by atoms with Crippen LogP contribution in [0.3, 0.4) is 0 Å². The van der Waals surface area contributed by atoms with Gasteiger partial charge in [0.05, 0.1) is 18.0 Å². The van der Waals surface area contributed by atoms with E-state index in [1.54, 1.807) is 11.3 Å². The van der Waals surface area contributed by atoms with E-state index in [1.807, 2.05) is 21.7 Å². The Morgan fingerprint density at radius 3 is 3.21 bits per heavy atom. The van der Waals surface area contributed by atoms with Crippen LogP contribution >= 0.6 is 11.3 Å². The van der Waals surface area contributed by atoms with Gasteiger partial charge in [0.2, 0.25) is 0 Å². The maximum absolute atomic E-state index is 10.9. The summed E-state index contributed by atoms with van der Waals surface area (Å²) in [6.45, 7) is 1.86. The van der Waals surface area contributed by atoms with Crippen LogP contribution in [-0.4, -0.2) is 39.2 Å². The van der Waals surface area contributed by atoms with Crippen molar-refractivity contribution >= 4 is 17.3 Å². The zero-order chi connectivity index (χ0) is 13.2. The second kappa shape index (κ2) is 5.10. The molecule has 0 aliphatic carbocycles. The third-order valence-corrected chi connectivity index (χ3v) is 3.91. The molecule has 0 amide bonds. The van der Waals surface area contributed by atoms with Crippen molar-refractivity contribution in [3.05, 3.63) is 22.7 Å². The summed E-state index contributed by atoms with van der Waals surface area (Å²) in [4.78, 5) is 17.3. The molecule has 3 heterocycles. The van der Waals surface area contributed by atoms with Gasteiger partial charge in [-0.1, -0.05) is 5.16 Å². The molecule has 6 nitrogen and oxygen atoms in total. The molecule has 0 aromatic carbocycles. The highest BCUT2D eigenvalue weighted by molar-refractivity contribution is 7.08. The summed E-state index contributed by atoms with van der Waals surface area (Å²) in [5, 5.41) is 16.8. The van der Waals surface area contributed by atoms with E-state index in [2.05, 4.69) is 10.1 Å². The van der Waals surface area contributed by atoms with Crippen LogP contribution in [0.1, 0.15) is 12.2 Å². The molecule has 3 rings (SSSR count). The van der Waals surface area contributed by atoms with Crippen molar-refractivity contribution in [1.29, 1.82) is 0 Å². The second-order valence-corrected chi connectivity index (χ2v) is 5.37. The molecule has 0 spiro atoms. The molecule has 0 radical (unpaired) electrons. The Labute approximate surface area is 113 Å². The largest absolute Gasteiger partial charge is 0.481 e. The first-order valence-electron chi connectivity index (χ1n) is 6.02. The van der Waals surface area contributed by atoms with Crippen molar-refractivity contribution < 1.29 is 14.4 Å². The summed E-state index contributed by atoms with van der Waals surface area (Å²) in [5.41, 5.74) is 0.925. The monoisotopic (exact) mass is 279 g/mol. The highest BCUT2D eigenvalue weighted by Crippen LogP contribution is 2.22. The fourth-order valence-electron chi connectivity index (χ4n) is 2.20. The molecule has 7 heteroatoms. The van der Waals surface area contributed by atoms with Crippen LogP contribution in [0.15, 0.2) is 21.3 Å². The van der Waals surface area contributed by atoms with Gasteiger partial charge in [-0.2, -0.15) is 16.3 Å². The number of carboxylic acids is 1. The summed E-state index contributed by atoms with van der Waals surface area (Å²) in [7, 11) is 0. The van der Waals surface area contributed by atoms with Crippen LogP contribution in [-0.2, 0) is 11.3 Å². The lowest BCUT2D eigenvalue weighted by atomic mass is 10.1. The maximum atomic E-state index is 10.9. The van der Waals surface area contributed by atoms with Crippen LogP contribution in [0.5, 0.6) is 0 Å². The first-order chi connectivity index (χ1) is 9.22. The van der Waals surface area contributed by atoms with Crippen LogP contribution in [0, 0.1) is 5.92 Å². The summed E-state index contributed by atoms with van der Waals surface area (Å²) < 4.78 is 5.20. The fourth-order valence-corrected chi connectivity index (χ4v) is 2.83. The van der Waals surface area contributed by atoms with Crippen molar-refractivity contribution in [3.8, 4) is 11.5 Å². The highest BCUT2D eigenvalue weighted by atomic mass is 32.1. The summed E-state index contributed by atoms with van der Waals surface area (Å²) >= 11 is 1.58. The smallest absolute Gasteiger partial charge is 0.307 e. The van der Waals surface area contributed by atoms with E-state index < -0.39 is 5.97 Å². The third kappa shape index (κ3) is 2.66. The molecule has 2 aromatic heterocycles. The Morgan fingerprint density at radius 1 is 1.63 bits per heavy atom.